The third-order valence-corrected chi connectivity index (χ3v) is 8.56. The van der Waals surface area contributed by atoms with E-state index in [1.165, 1.54) is 11.1 Å². The van der Waals surface area contributed by atoms with E-state index in [9.17, 15) is 14.4 Å². The molecule has 12 heteroatoms. The van der Waals surface area contributed by atoms with Gasteiger partial charge in [0, 0.05) is 26.6 Å². The van der Waals surface area contributed by atoms with Crippen molar-refractivity contribution >= 4 is 17.8 Å². The van der Waals surface area contributed by atoms with E-state index in [1.54, 1.807) is 12.0 Å². The summed E-state index contributed by atoms with van der Waals surface area (Å²) in [5, 5.41) is 0. The van der Waals surface area contributed by atoms with E-state index < -0.39 is 5.97 Å². The molecular weight excluding hydrogens is 656 g/mol. The molecule has 284 valence electrons. The highest BCUT2D eigenvalue weighted by atomic mass is 16.7. The molecule has 0 atom stereocenters. The first-order valence-electron chi connectivity index (χ1n) is 18.3. The topological polar surface area (TPSA) is 131 Å². The van der Waals surface area contributed by atoms with Crippen LogP contribution >= 0.6 is 0 Å². The summed E-state index contributed by atoms with van der Waals surface area (Å²) in [5.74, 6) is -0.546. The summed E-state index contributed by atoms with van der Waals surface area (Å²) in [4.78, 5) is 43.9. The van der Waals surface area contributed by atoms with Crippen molar-refractivity contribution in [2.24, 2.45) is 5.92 Å². The van der Waals surface area contributed by atoms with Crippen LogP contribution in [0.3, 0.4) is 0 Å². The van der Waals surface area contributed by atoms with Crippen molar-refractivity contribution in [3.05, 3.63) is 71.3 Å². The Balaban J connectivity index is 1.11. The van der Waals surface area contributed by atoms with Gasteiger partial charge in [-0.15, -0.1) is 0 Å². The van der Waals surface area contributed by atoms with Crippen LogP contribution in [-0.2, 0) is 66.9 Å². The average molecular weight is 715 g/mol. The van der Waals surface area contributed by atoms with E-state index in [1.807, 2.05) is 18.2 Å². The van der Waals surface area contributed by atoms with Crippen LogP contribution in [0, 0.1) is 5.92 Å². The fraction of sp³-hybridized carbons (Fsp3) is 0.615. The number of hydrogen-bond donors (Lipinski definition) is 1. The van der Waals surface area contributed by atoms with E-state index in [-0.39, 0.29) is 31.3 Å². The Morgan fingerprint density at radius 1 is 0.667 bits per heavy atom. The molecule has 1 heterocycles. The van der Waals surface area contributed by atoms with Crippen molar-refractivity contribution in [3.8, 4) is 0 Å². The molecule has 0 radical (unpaired) electrons. The van der Waals surface area contributed by atoms with Crippen molar-refractivity contribution in [2.45, 2.75) is 57.8 Å². The maximum absolute atomic E-state index is 12.5. The summed E-state index contributed by atoms with van der Waals surface area (Å²) in [7, 11) is 1.63. The van der Waals surface area contributed by atoms with Gasteiger partial charge in [0.15, 0.2) is 0 Å². The number of ether oxygens (including phenoxy) is 6. The molecule has 1 fully saturated rings. The monoisotopic (exact) mass is 714 g/mol. The van der Waals surface area contributed by atoms with Gasteiger partial charge in [-0.05, 0) is 67.6 Å². The van der Waals surface area contributed by atoms with Crippen LogP contribution in [0.2, 0.25) is 0 Å². The number of benzene rings is 2. The van der Waals surface area contributed by atoms with E-state index in [0.29, 0.717) is 91.5 Å². The third kappa shape index (κ3) is 20.3. The van der Waals surface area contributed by atoms with Crippen LogP contribution in [0.15, 0.2) is 54.6 Å². The van der Waals surface area contributed by atoms with Crippen LogP contribution in [0.5, 0.6) is 0 Å². The van der Waals surface area contributed by atoms with Gasteiger partial charge >= 0.3 is 5.97 Å². The highest BCUT2D eigenvalue weighted by Gasteiger charge is 2.23. The lowest BCUT2D eigenvalue weighted by Gasteiger charge is -2.31. The Kier molecular flexibility index (Phi) is 22.5. The standard InChI is InChI=1S/C39H58N2O10/c1-45-21-22-46-23-24-47-25-26-48-27-28-49-29-30-50-32-38(43)41-19-17-35(18-20-41)15-16-39(44)51-40-37(42)31-36-13-11-34(12-14-36)10-6-5-9-33-7-3-2-4-8-33/h2-4,7-8,11-14,35H,5-6,9-10,15-32H2,1H3,(H,40,42). The van der Waals surface area contributed by atoms with E-state index in [2.05, 4.69) is 41.9 Å². The number of hydroxylamine groups is 1. The molecule has 0 unspecified atom stereocenters. The molecule has 3 rings (SSSR count). The summed E-state index contributed by atoms with van der Waals surface area (Å²) < 4.78 is 32.0. The molecule has 0 bridgehead atoms. The molecule has 1 N–H and O–H groups in total. The van der Waals surface area contributed by atoms with Gasteiger partial charge in [0.05, 0.1) is 72.5 Å². The largest absolute Gasteiger partial charge is 0.382 e. The van der Waals surface area contributed by atoms with Gasteiger partial charge in [0.1, 0.15) is 6.61 Å². The molecule has 0 spiro atoms. The Hall–Kier alpha value is -3.39. The van der Waals surface area contributed by atoms with Crippen LogP contribution in [0.25, 0.3) is 0 Å². The van der Waals surface area contributed by atoms with Gasteiger partial charge in [0.2, 0.25) is 5.91 Å². The van der Waals surface area contributed by atoms with Crippen molar-refractivity contribution in [1.29, 1.82) is 0 Å². The highest BCUT2D eigenvalue weighted by molar-refractivity contribution is 5.80. The zero-order chi connectivity index (χ0) is 36.2. The van der Waals surface area contributed by atoms with Crippen LogP contribution in [-0.4, -0.2) is 116 Å². The second-order valence-electron chi connectivity index (χ2n) is 12.5. The number of methoxy groups -OCH3 is 1. The second-order valence-corrected chi connectivity index (χ2v) is 12.5. The molecule has 2 aromatic carbocycles. The Morgan fingerprint density at radius 3 is 1.75 bits per heavy atom. The molecule has 0 saturated carbocycles. The lowest BCUT2D eigenvalue weighted by Crippen LogP contribution is -2.40. The molecule has 12 nitrogen and oxygen atoms in total. The fourth-order valence-corrected chi connectivity index (χ4v) is 5.58. The zero-order valence-electron chi connectivity index (χ0n) is 30.4. The third-order valence-electron chi connectivity index (χ3n) is 8.56. The first kappa shape index (κ1) is 42.0. The normalized spacial score (nSPS) is 13.3. The van der Waals surface area contributed by atoms with Crippen LogP contribution < -0.4 is 5.48 Å². The second kappa shape index (κ2) is 27.3. The lowest BCUT2D eigenvalue weighted by molar-refractivity contribution is -0.158. The van der Waals surface area contributed by atoms with E-state index in [0.717, 1.165) is 44.1 Å². The number of carbonyl (C=O) groups is 3. The molecule has 1 aliphatic rings. The molecule has 1 aliphatic heterocycles. The van der Waals surface area contributed by atoms with Gasteiger partial charge in [-0.25, -0.2) is 4.79 Å². The zero-order valence-corrected chi connectivity index (χ0v) is 30.4. The van der Waals surface area contributed by atoms with E-state index in [4.69, 9.17) is 33.3 Å². The molecule has 0 aromatic heterocycles. The summed E-state index contributed by atoms with van der Waals surface area (Å²) in [6.45, 7) is 6.05. The predicted octanol–water partition coefficient (Wildman–Crippen LogP) is 4.12. The summed E-state index contributed by atoms with van der Waals surface area (Å²) >= 11 is 0. The number of nitrogens with zero attached hydrogens (tertiary/aromatic N) is 1. The van der Waals surface area contributed by atoms with Gasteiger partial charge in [-0.2, -0.15) is 5.48 Å². The van der Waals surface area contributed by atoms with Gasteiger partial charge in [-0.1, -0.05) is 54.6 Å². The number of amides is 2. The Labute approximate surface area is 303 Å². The summed E-state index contributed by atoms with van der Waals surface area (Å²) in [5.41, 5.74) is 5.77. The fourth-order valence-electron chi connectivity index (χ4n) is 5.58. The van der Waals surface area contributed by atoms with E-state index >= 15 is 0 Å². The quantitative estimate of drug-likeness (QED) is 0.107. The number of rotatable bonds is 27. The lowest BCUT2D eigenvalue weighted by atomic mass is 9.92. The predicted molar refractivity (Wildman–Crippen MR) is 192 cm³/mol. The minimum atomic E-state index is -0.459. The first-order valence-corrected chi connectivity index (χ1v) is 18.3. The molecular formula is C39H58N2O10. The molecule has 2 amide bonds. The minimum absolute atomic E-state index is 0.0163. The smallest absolute Gasteiger partial charge is 0.332 e. The van der Waals surface area contributed by atoms with Gasteiger partial charge < -0.3 is 38.2 Å². The maximum atomic E-state index is 12.5. The maximum Gasteiger partial charge on any atom is 0.332 e. The summed E-state index contributed by atoms with van der Waals surface area (Å²) in [6, 6.07) is 18.5. The molecule has 1 saturated heterocycles. The van der Waals surface area contributed by atoms with Crippen molar-refractivity contribution in [2.75, 3.05) is 92.9 Å². The first-order chi connectivity index (χ1) is 25.0. The molecule has 51 heavy (non-hydrogen) atoms. The van der Waals surface area contributed by atoms with Gasteiger partial charge in [-0.3, -0.25) is 9.59 Å². The van der Waals surface area contributed by atoms with Crippen molar-refractivity contribution < 1.29 is 47.6 Å². The van der Waals surface area contributed by atoms with Crippen LogP contribution in [0.4, 0.5) is 0 Å². The Morgan fingerprint density at radius 2 is 1.18 bits per heavy atom. The average Bonchev–Trinajstić information content (AvgIpc) is 3.16. The number of piperidine rings is 1. The van der Waals surface area contributed by atoms with Crippen molar-refractivity contribution in [3.63, 3.8) is 0 Å². The number of nitrogens with one attached hydrogen (secondary N) is 1. The van der Waals surface area contributed by atoms with Crippen LogP contribution in [0.1, 0.15) is 55.2 Å². The summed E-state index contributed by atoms with van der Waals surface area (Å²) in [6.07, 6.45) is 6.95. The number of aryl methyl sites for hydroxylation is 2. The minimum Gasteiger partial charge on any atom is -0.382 e. The molecule has 2 aromatic rings. The molecule has 0 aliphatic carbocycles. The highest BCUT2D eigenvalue weighted by Crippen LogP contribution is 2.22. The number of carbonyl (C=O) groups excluding carboxylic acids is 3. The SMILES string of the molecule is COCCOCCOCCOCCOCCOCC(=O)N1CCC(CCC(=O)ONC(=O)Cc2ccc(CCCCc3ccccc3)cc2)CC1. The number of unbranched alkanes of at least 4 members (excludes halogenated alkanes) is 1. The number of hydrogen-bond acceptors (Lipinski definition) is 10. The van der Waals surface area contributed by atoms with Crippen molar-refractivity contribution in [1.82, 2.24) is 10.4 Å². The van der Waals surface area contributed by atoms with Gasteiger partial charge in [0.25, 0.3) is 5.91 Å². The number of likely N-dealkylation sites (tertiary alicyclic amines) is 1. The Bertz CT molecular complexity index is 1210.